The van der Waals surface area contributed by atoms with Gasteiger partial charge >= 0.3 is 0 Å². The van der Waals surface area contributed by atoms with Crippen LogP contribution in [0.4, 0.5) is 11.5 Å². The Labute approximate surface area is 137 Å². The summed E-state index contributed by atoms with van der Waals surface area (Å²) in [6, 6.07) is 4.03. The maximum Gasteiger partial charge on any atom is 0.233 e. The van der Waals surface area contributed by atoms with Gasteiger partial charge in [-0.15, -0.1) is 0 Å². The van der Waals surface area contributed by atoms with Gasteiger partial charge in [-0.25, -0.2) is 4.98 Å². The minimum atomic E-state index is -0.215. The molecule has 1 amide bonds. The van der Waals surface area contributed by atoms with E-state index in [9.17, 15) is 4.79 Å². The van der Waals surface area contributed by atoms with Crippen LogP contribution < -0.4 is 15.5 Å². The Morgan fingerprint density at radius 1 is 1.26 bits per heavy atom. The van der Waals surface area contributed by atoms with E-state index in [1.807, 2.05) is 12.3 Å². The fraction of sp³-hybridized carbons (Fsp3) is 0.667. The molecule has 1 aromatic rings. The van der Waals surface area contributed by atoms with Gasteiger partial charge in [-0.05, 0) is 50.3 Å². The summed E-state index contributed by atoms with van der Waals surface area (Å²) in [5, 5.41) is 6.51. The SMILES string of the molecule is O=C(Nc1ccc(N2CCCC2)cn1)[C@@]12CCCC[C@H]1CNC2. The first-order chi connectivity index (χ1) is 11.3. The van der Waals surface area contributed by atoms with Crippen LogP contribution in [0.2, 0.25) is 0 Å². The molecule has 2 atom stereocenters. The van der Waals surface area contributed by atoms with Gasteiger partial charge in [0.25, 0.3) is 0 Å². The number of anilines is 2. The van der Waals surface area contributed by atoms with Gasteiger partial charge in [-0.2, -0.15) is 0 Å². The highest BCUT2D eigenvalue weighted by atomic mass is 16.2. The molecule has 5 nitrogen and oxygen atoms in total. The number of rotatable bonds is 3. The molecule has 4 rings (SSSR count). The quantitative estimate of drug-likeness (QED) is 0.899. The van der Waals surface area contributed by atoms with E-state index in [1.165, 1.54) is 25.7 Å². The predicted octanol–water partition coefficient (Wildman–Crippen LogP) is 2.40. The van der Waals surface area contributed by atoms with Crippen molar-refractivity contribution in [2.24, 2.45) is 11.3 Å². The Morgan fingerprint density at radius 3 is 2.91 bits per heavy atom. The molecule has 2 saturated heterocycles. The summed E-state index contributed by atoms with van der Waals surface area (Å²) < 4.78 is 0. The van der Waals surface area contributed by atoms with E-state index in [0.717, 1.165) is 44.7 Å². The minimum Gasteiger partial charge on any atom is -0.370 e. The van der Waals surface area contributed by atoms with Gasteiger partial charge < -0.3 is 15.5 Å². The third-order valence-corrected chi connectivity index (χ3v) is 5.95. The number of carbonyl (C=O) groups excluding carboxylic acids is 1. The van der Waals surface area contributed by atoms with E-state index in [4.69, 9.17) is 0 Å². The molecule has 0 aromatic carbocycles. The van der Waals surface area contributed by atoms with Gasteiger partial charge in [-0.1, -0.05) is 12.8 Å². The van der Waals surface area contributed by atoms with Crippen molar-refractivity contribution in [2.75, 3.05) is 36.4 Å². The fourth-order valence-corrected chi connectivity index (χ4v) is 4.55. The summed E-state index contributed by atoms with van der Waals surface area (Å²) in [5.74, 6) is 1.33. The average Bonchev–Trinajstić information content (AvgIpc) is 3.25. The largest absolute Gasteiger partial charge is 0.370 e. The van der Waals surface area contributed by atoms with Crippen LogP contribution in [0, 0.1) is 11.3 Å². The maximum atomic E-state index is 12.9. The van der Waals surface area contributed by atoms with Crippen molar-refractivity contribution in [3.05, 3.63) is 18.3 Å². The van der Waals surface area contributed by atoms with Crippen LogP contribution in [-0.4, -0.2) is 37.1 Å². The molecule has 1 aromatic heterocycles. The Morgan fingerprint density at radius 2 is 2.13 bits per heavy atom. The molecule has 124 valence electrons. The Hall–Kier alpha value is -1.62. The number of aromatic nitrogens is 1. The van der Waals surface area contributed by atoms with Gasteiger partial charge in [-0.3, -0.25) is 4.79 Å². The van der Waals surface area contributed by atoms with E-state index < -0.39 is 0 Å². The van der Waals surface area contributed by atoms with Crippen molar-refractivity contribution >= 4 is 17.4 Å². The first-order valence-corrected chi connectivity index (χ1v) is 9.01. The van der Waals surface area contributed by atoms with Crippen LogP contribution in [0.5, 0.6) is 0 Å². The smallest absolute Gasteiger partial charge is 0.233 e. The molecule has 1 aliphatic carbocycles. The number of nitrogens with zero attached hydrogens (tertiary/aromatic N) is 2. The molecule has 2 N–H and O–H groups in total. The number of hydrogen-bond acceptors (Lipinski definition) is 4. The van der Waals surface area contributed by atoms with Crippen molar-refractivity contribution in [1.29, 1.82) is 0 Å². The second kappa shape index (κ2) is 6.11. The molecule has 2 aliphatic heterocycles. The van der Waals surface area contributed by atoms with Gasteiger partial charge in [0, 0.05) is 19.6 Å². The highest BCUT2D eigenvalue weighted by Crippen LogP contribution is 2.44. The summed E-state index contributed by atoms with van der Waals surface area (Å²) in [4.78, 5) is 19.7. The molecule has 3 aliphatic rings. The Kier molecular flexibility index (Phi) is 3.97. The van der Waals surface area contributed by atoms with Gasteiger partial charge in [0.2, 0.25) is 5.91 Å². The second-order valence-electron chi connectivity index (χ2n) is 7.28. The van der Waals surface area contributed by atoms with Crippen LogP contribution in [-0.2, 0) is 4.79 Å². The average molecular weight is 314 g/mol. The molecular formula is C18H26N4O. The summed E-state index contributed by atoms with van der Waals surface area (Å²) in [6.07, 6.45) is 9.00. The molecule has 23 heavy (non-hydrogen) atoms. The first kappa shape index (κ1) is 14.9. The zero-order chi connectivity index (χ0) is 15.7. The topological polar surface area (TPSA) is 57.3 Å². The van der Waals surface area contributed by atoms with Crippen molar-refractivity contribution in [3.8, 4) is 0 Å². The molecule has 1 saturated carbocycles. The normalized spacial score (nSPS) is 30.3. The highest BCUT2D eigenvalue weighted by Gasteiger charge is 2.49. The third-order valence-electron chi connectivity index (χ3n) is 5.95. The molecule has 0 radical (unpaired) electrons. The van der Waals surface area contributed by atoms with Crippen LogP contribution in [0.25, 0.3) is 0 Å². The molecule has 0 spiro atoms. The standard InChI is InChI=1S/C18H26N4O/c23-17(18-8-2-1-5-14(18)11-19-13-18)21-16-7-6-15(12-20-16)22-9-3-4-10-22/h6-7,12,14,19H,1-5,8-11,13H2,(H,20,21,23)/t14-,18+/m0/s1. The van der Waals surface area contributed by atoms with Gasteiger partial charge in [0.1, 0.15) is 5.82 Å². The molecule has 5 heteroatoms. The predicted molar refractivity (Wildman–Crippen MR) is 91.6 cm³/mol. The lowest BCUT2D eigenvalue weighted by molar-refractivity contribution is -0.128. The fourth-order valence-electron chi connectivity index (χ4n) is 4.55. The Bertz CT molecular complexity index is 567. The zero-order valence-corrected chi connectivity index (χ0v) is 13.7. The molecular weight excluding hydrogens is 288 g/mol. The van der Waals surface area contributed by atoms with Gasteiger partial charge in [0.15, 0.2) is 0 Å². The van der Waals surface area contributed by atoms with Crippen molar-refractivity contribution < 1.29 is 4.79 Å². The molecule has 3 fully saturated rings. The minimum absolute atomic E-state index is 0.161. The number of nitrogens with one attached hydrogen (secondary N) is 2. The second-order valence-corrected chi connectivity index (χ2v) is 7.28. The van der Waals surface area contributed by atoms with E-state index in [0.29, 0.717) is 11.7 Å². The lowest BCUT2D eigenvalue weighted by Gasteiger charge is -2.36. The van der Waals surface area contributed by atoms with E-state index in [1.54, 1.807) is 0 Å². The number of hydrogen-bond donors (Lipinski definition) is 2. The van der Waals surface area contributed by atoms with Crippen LogP contribution in [0.15, 0.2) is 18.3 Å². The van der Waals surface area contributed by atoms with Crippen LogP contribution >= 0.6 is 0 Å². The molecule has 0 unspecified atom stereocenters. The first-order valence-electron chi connectivity index (χ1n) is 9.01. The lowest BCUT2D eigenvalue weighted by Crippen LogP contribution is -2.44. The lowest BCUT2D eigenvalue weighted by atomic mass is 9.67. The summed E-state index contributed by atoms with van der Waals surface area (Å²) in [5.41, 5.74) is 0.949. The third kappa shape index (κ3) is 2.71. The van der Waals surface area contributed by atoms with Crippen molar-refractivity contribution in [1.82, 2.24) is 10.3 Å². The van der Waals surface area contributed by atoms with Crippen molar-refractivity contribution in [2.45, 2.75) is 38.5 Å². The summed E-state index contributed by atoms with van der Waals surface area (Å²) >= 11 is 0. The monoisotopic (exact) mass is 314 g/mol. The van der Waals surface area contributed by atoms with Crippen LogP contribution in [0.3, 0.4) is 0 Å². The highest BCUT2D eigenvalue weighted by molar-refractivity contribution is 5.95. The number of carbonyl (C=O) groups is 1. The van der Waals surface area contributed by atoms with Gasteiger partial charge in [0.05, 0.1) is 17.3 Å². The van der Waals surface area contributed by atoms with E-state index in [2.05, 4.69) is 26.6 Å². The van der Waals surface area contributed by atoms with Crippen LogP contribution in [0.1, 0.15) is 38.5 Å². The summed E-state index contributed by atoms with van der Waals surface area (Å²) in [7, 11) is 0. The zero-order valence-electron chi connectivity index (χ0n) is 13.7. The van der Waals surface area contributed by atoms with E-state index in [-0.39, 0.29) is 11.3 Å². The molecule has 0 bridgehead atoms. The summed E-state index contributed by atoms with van der Waals surface area (Å²) in [6.45, 7) is 4.03. The molecule has 3 heterocycles. The number of amides is 1. The Balaban J connectivity index is 1.45. The number of pyridine rings is 1. The van der Waals surface area contributed by atoms with E-state index >= 15 is 0 Å². The number of fused-ring (bicyclic) bond motifs is 1. The van der Waals surface area contributed by atoms with Crippen molar-refractivity contribution in [3.63, 3.8) is 0 Å². The maximum absolute atomic E-state index is 12.9.